The van der Waals surface area contributed by atoms with Gasteiger partial charge in [-0.05, 0) is 42.3 Å². The quantitative estimate of drug-likeness (QED) is 0.816. The lowest BCUT2D eigenvalue weighted by atomic mass is 10.1. The van der Waals surface area contributed by atoms with Gasteiger partial charge < -0.3 is 5.11 Å². The molecule has 4 heteroatoms. The maximum absolute atomic E-state index is 13.3. The molecular formula is C15H14ClFOS. The highest BCUT2D eigenvalue weighted by Gasteiger charge is 2.04. The summed E-state index contributed by atoms with van der Waals surface area (Å²) in [6.45, 7) is 1.73. The maximum atomic E-state index is 13.3. The molecule has 0 fully saturated rings. The van der Waals surface area contributed by atoms with Gasteiger partial charge in [0.25, 0.3) is 0 Å². The fraction of sp³-hybridized carbons (Fsp3) is 0.200. The van der Waals surface area contributed by atoms with Crippen molar-refractivity contribution < 1.29 is 9.50 Å². The molecule has 0 aliphatic rings. The lowest BCUT2D eigenvalue weighted by Gasteiger charge is -2.07. The Morgan fingerprint density at radius 1 is 1.26 bits per heavy atom. The molecule has 2 aromatic rings. The Hall–Kier alpha value is -1.03. The highest BCUT2D eigenvalue weighted by atomic mass is 35.5. The van der Waals surface area contributed by atoms with E-state index in [1.165, 1.54) is 6.07 Å². The number of aliphatic hydroxyl groups is 1. The van der Waals surface area contributed by atoms with Gasteiger partial charge in [0.2, 0.25) is 0 Å². The Morgan fingerprint density at radius 2 is 2.05 bits per heavy atom. The van der Waals surface area contributed by atoms with Crippen molar-refractivity contribution in [3.63, 3.8) is 0 Å². The number of hydrogen-bond acceptors (Lipinski definition) is 2. The Balaban J connectivity index is 2.05. The highest BCUT2D eigenvalue weighted by Crippen LogP contribution is 2.26. The topological polar surface area (TPSA) is 20.2 Å². The van der Waals surface area contributed by atoms with Crippen molar-refractivity contribution in [1.29, 1.82) is 0 Å². The molecular weight excluding hydrogens is 283 g/mol. The van der Waals surface area contributed by atoms with E-state index in [2.05, 4.69) is 0 Å². The molecule has 100 valence electrons. The Labute approximate surface area is 121 Å². The summed E-state index contributed by atoms with van der Waals surface area (Å²) in [7, 11) is 0. The first-order valence-corrected chi connectivity index (χ1v) is 7.27. The Morgan fingerprint density at radius 3 is 2.74 bits per heavy atom. The largest absolute Gasteiger partial charge is 0.389 e. The van der Waals surface area contributed by atoms with Crippen LogP contribution in [-0.2, 0) is 5.75 Å². The summed E-state index contributed by atoms with van der Waals surface area (Å²) in [5.74, 6) is 0.273. The average molecular weight is 297 g/mol. The predicted molar refractivity (Wildman–Crippen MR) is 78.0 cm³/mol. The first-order chi connectivity index (χ1) is 9.06. The molecule has 0 amide bonds. The minimum absolute atomic E-state index is 0.143. The van der Waals surface area contributed by atoms with Crippen LogP contribution >= 0.6 is 23.4 Å². The second-order valence-corrected chi connectivity index (χ2v) is 5.74. The number of thioether (sulfide) groups is 1. The molecule has 1 nitrogen and oxygen atoms in total. The molecule has 1 unspecified atom stereocenters. The van der Waals surface area contributed by atoms with Crippen LogP contribution in [0.2, 0.25) is 5.02 Å². The lowest BCUT2D eigenvalue weighted by molar-refractivity contribution is 0.199. The number of aliphatic hydroxyl groups excluding tert-OH is 1. The molecule has 0 heterocycles. The molecule has 1 N–H and O–H groups in total. The number of benzene rings is 2. The molecule has 0 aliphatic heterocycles. The molecule has 0 saturated carbocycles. The normalized spacial score (nSPS) is 12.4. The summed E-state index contributed by atoms with van der Waals surface area (Å²) in [5, 5.41) is 9.67. The van der Waals surface area contributed by atoms with Crippen molar-refractivity contribution in [2.24, 2.45) is 0 Å². The molecule has 0 aliphatic carbocycles. The monoisotopic (exact) mass is 296 g/mol. The predicted octanol–water partition coefficient (Wildman–Crippen LogP) is 4.82. The minimum Gasteiger partial charge on any atom is -0.389 e. The fourth-order valence-corrected chi connectivity index (χ4v) is 2.68. The molecule has 0 spiro atoms. The molecule has 0 radical (unpaired) electrons. The van der Waals surface area contributed by atoms with E-state index in [0.29, 0.717) is 5.75 Å². The van der Waals surface area contributed by atoms with Gasteiger partial charge in [0.1, 0.15) is 5.82 Å². The highest BCUT2D eigenvalue weighted by molar-refractivity contribution is 7.98. The summed E-state index contributed by atoms with van der Waals surface area (Å²) in [4.78, 5) is 1.05. The maximum Gasteiger partial charge on any atom is 0.142 e. The van der Waals surface area contributed by atoms with Crippen LogP contribution in [0, 0.1) is 5.82 Å². The van der Waals surface area contributed by atoms with Crippen LogP contribution < -0.4 is 0 Å². The summed E-state index contributed by atoms with van der Waals surface area (Å²) in [5.41, 5.74) is 1.77. The molecule has 0 saturated heterocycles. The van der Waals surface area contributed by atoms with Crippen LogP contribution in [0.1, 0.15) is 24.2 Å². The van der Waals surface area contributed by atoms with Crippen LogP contribution in [-0.4, -0.2) is 5.11 Å². The second kappa shape index (κ2) is 6.42. The van der Waals surface area contributed by atoms with E-state index in [1.807, 2.05) is 30.3 Å². The van der Waals surface area contributed by atoms with Gasteiger partial charge in [-0.15, -0.1) is 11.8 Å². The zero-order valence-electron chi connectivity index (χ0n) is 10.4. The average Bonchev–Trinajstić information content (AvgIpc) is 2.40. The molecule has 19 heavy (non-hydrogen) atoms. The first-order valence-electron chi connectivity index (χ1n) is 5.91. The number of halogens is 2. The van der Waals surface area contributed by atoms with Crippen LogP contribution in [0.25, 0.3) is 0 Å². The summed E-state index contributed by atoms with van der Waals surface area (Å²) in [6, 6.07) is 12.6. The van der Waals surface area contributed by atoms with Crippen LogP contribution in [0.15, 0.2) is 47.4 Å². The fourth-order valence-electron chi connectivity index (χ4n) is 1.66. The van der Waals surface area contributed by atoms with Crippen molar-refractivity contribution >= 4 is 23.4 Å². The van der Waals surface area contributed by atoms with Crippen LogP contribution in [0.4, 0.5) is 4.39 Å². The van der Waals surface area contributed by atoms with Gasteiger partial charge >= 0.3 is 0 Å². The van der Waals surface area contributed by atoms with Gasteiger partial charge in [0, 0.05) is 10.6 Å². The number of rotatable bonds is 4. The molecule has 2 rings (SSSR count). The third-order valence-electron chi connectivity index (χ3n) is 2.73. The van der Waals surface area contributed by atoms with E-state index in [0.717, 1.165) is 16.0 Å². The molecule has 2 aromatic carbocycles. The molecule has 1 atom stereocenters. The van der Waals surface area contributed by atoms with Gasteiger partial charge in [-0.1, -0.05) is 29.8 Å². The minimum atomic E-state index is -0.478. The van der Waals surface area contributed by atoms with E-state index in [-0.39, 0.29) is 5.02 Å². The van der Waals surface area contributed by atoms with Gasteiger partial charge in [-0.3, -0.25) is 0 Å². The van der Waals surface area contributed by atoms with Crippen molar-refractivity contribution in [3.8, 4) is 0 Å². The van der Waals surface area contributed by atoms with Gasteiger partial charge in [0.05, 0.1) is 11.1 Å². The van der Waals surface area contributed by atoms with E-state index in [4.69, 9.17) is 11.6 Å². The summed E-state index contributed by atoms with van der Waals surface area (Å²) >= 11 is 7.24. The SMILES string of the molecule is CC(O)c1cccc(SCc2ccc(Cl)c(F)c2)c1. The lowest BCUT2D eigenvalue weighted by Crippen LogP contribution is -1.90. The van der Waals surface area contributed by atoms with Gasteiger partial charge in [-0.25, -0.2) is 4.39 Å². The number of hydrogen-bond donors (Lipinski definition) is 1. The smallest absolute Gasteiger partial charge is 0.142 e. The van der Waals surface area contributed by atoms with E-state index in [1.54, 1.807) is 24.8 Å². The Bertz CT molecular complexity index is 572. The van der Waals surface area contributed by atoms with Crippen LogP contribution in [0.5, 0.6) is 0 Å². The Kier molecular flexibility index (Phi) is 4.86. The van der Waals surface area contributed by atoms with E-state index in [9.17, 15) is 9.50 Å². The standard InChI is InChI=1S/C15H14ClFOS/c1-10(18)12-3-2-4-13(8-12)19-9-11-5-6-14(16)15(17)7-11/h2-8,10,18H,9H2,1H3. The van der Waals surface area contributed by atoms with Crippen molar-refractivity contribution in [1.82, 2.24) is 0 Å². The van der Waals surface area contributed by atoms with Crippen molar-refractivity contribution in [3.05, 3.63) is 64.4 Å². The van der Waals surface area contributed by atoms with Gasteiger partial charge in [-0.2, -0.15) is 0 Å². The van der Waals surface area contributed by atoms with E-state index < -0.39 is 11.9 Å². The van der Waals surface area contributed by atoms with Crippen molar-refractivity contribution in [2.75, 3.05) is 0 Å². The zero-order valence-corrected chi connectivity index (χ0v) is 12.0. The van der Waals surface area contributed by atoms with Crippen LogP contribution in [0.3, 0.4) is 0 Å². The zero-order chi connectivity index (χ0) is 13.8. The summed E-state index contributed by atoms with van der Waals surface area (Å²) in [6.07, 6.45) is -0.478. The van der Waals surface area contributed by atoms with Crippen molar-refractivity contribution in [2.45, 2.75) is 23.7 Å². The molecule has 0 bridgehead atoms. The summed E-state index contributed by atoms with van der Waals surface area (Å²) < 4.78 is 13.3. The molecule has 0 aromatic heterocycles. The van der Waals surface area contributed by atoms with E-state index >= 15 is 0 Å². The first kappa shape index (κ1) is 14.4. The van der Waals surface area contributed by atoms with Gasteiger partial charge in [0.15, 0.2) is 0 Å². The third-order valence-corrected chi connectivity index (χ3v) is 4.10. The third kappa shape index (κ3) is 3.96. The second-order valence-electron chi connectivity index (χ2n) is 4.29.